The lowest BCUT2D eigenvalue weighted by Gasteiger charge is -2.12. The number of imidazole rings is 1. The number of hydrogen-bond donors (Lipinski definition) is 0. The molecule has 0 bridgehead atoms. The molecule has 3 rings (SSSR count). The molecule has 3 aromatic rings. The average Bonchev–Trinajstić information content (AvgIpc) is 2.87. The lowest BCUT2D eigenvalue weighted by molar-refractivity contribution is -0.138. The van der Waals surface area contributed by atoms with Crippen molar-refractivity contribution in [3.05, 3.63) is 63.5 Å². The Balaban J connectivity index is 2.17. The summed E-state index contributed by atoms with van der Waals surface area (Å²) in [5.74, 6) is -1.04. The monoisotopic (exact) mass is 448 g/mol. The van der Waals surface area contributed by atoms with Crippen LogP contribution in [0.2, 0.25) is 0 Å². The van der Waals surface area contributed by atoms with E-state index in [1.807, 2.05) is 0 Å². The van der Waals surface area contributed by atoms with E-state index in [-0.39, 0.29) is 32.8 Å². The average molecular weight is 449 g/mol. The van der Waals surface area contributed by atoms with Crippen molar-refractivity contribution >= 4 is 27.4 Å². The molecule has 10 heteroatoms. The van der Waals surface area contributed by atoms with Gasteiger partial charge < -0.3 is 4.74 Å². The van der Waals surface area contributed by atoms with E-state index in [0.29, 0.717) is 0 Å². The Morgan fingerprint density at radius 3 is 2.56 bits per heavy atom. The van der Waals surface area contributed by atoms with E-state index < -0.39 is 24.1 Å². The van der Waals surface area contributed by atoms with Gasteiger partial charge in [0.15, 0.2) is 0 Å². The van der Waals surface area contributed by atoms with E-state index in [2.05, 4.69) is 25.7 Å². The van der Waals surface area contributed by atoms with E-state index >= 15 is 0 Å². The summed E-state index contributed by atoms with van der Waals surface area (Å²) in [5, 5.41) is 0. The zero-order valence-corrected chi connectivity index (χ0v) is 15.1. The van der Waals surface area contributed by atoms with Crippen LogP contribution in [0, 0.1) is 6.92 Å². The molecular formula is C17H10BrF5N2O2. The molecule has 0 atom stereocenters. The molecule has 27 heavy (non-hydrogen) atoms. The fourth-order valence-corrected chi connectivity index (χ4v) is 3.20. The molecule has 142 valence electrons. The predicted octanol–water partition coefficient (Wildman–Crippen LogP) is 5.26. The summed E-state index contributed by atoms with van der Waals surface area (Å²) in [6.07, 6.45) is -3.54. The molecule has 2 aromatic heterocycles. The molecular weight excluding hydrogens is 439 g/mol. The molecule has 0 aliphatic rings. The zero-order chi connectivity index (χ0) is 19.9. The van der Waals surface area contributed by atoms with Gasteiger partial charge >= 0.3 is 12.8 Å². The number of rotatable bonds is 4. The largest absolute Gasteiger partial charge is 0.434 e. The number of alkyl halides is 5. The van der Waals surface area contributed by atoms with E-state index in [0.717, 1.165) is 12.3 Å². The molecule has 0 aliphatic heterocycles. The maximum Gasteiger partial charge on any atom is 0.417 e. The lowest BCUT2D eigenvalue weighted by Crippen LogP contribution is -2.12. The van der Waals surface area contributed by atoms with E-state index in [4.69, 9.17) is 0 Å². The van der Waals surface area contributed by atoms with Gasteiger partial charge in [0.05, 0.1) is 16.8 Å². The molecule has 0 unspecified atom stereocenters. The highest BCUT2D eigenvalue weighted by Gasteiger charge is 2.34. The number of fused-ring (bicyclic) bond motifs is 1. The summed E-state index contributed by atoms with van der Waals surface area (Å²) < 4.78 is 69.6. The minimum atomic E-state index is -4.61. The van der Waals surface area contributed by atoms with Gasteiger partial charge in [-0.3, -0.25) is 9.20 Å². The van der Waals surface area contributed by atoms with Gasteiger partial charge in [-0.1, -0.05) is 12.1 Å². The number of halogens is 6. The molecule has 4 nitrogen and oxygen atoms in total. The van der Waals surface area contributed by atoms with Crippen LogP contribution in [0.15, 0.2) is 41.0 Å². The first-order valence-electron chi connectivity index (χ1n) is 7.43. The summed E-state index contributed by atoms with van der Waals surface area (Å²) in [5.41, 5.74) is -1.10. The normalized spacial score (nSPS) is 12.0. The van der Waals surface area contributed by atoms with Gasteiger partial charge in [0, 0.05) is 10.7 Å². The third-order valence-corrected chi connectivity index (χ3v) is 4.39. The van der Waals surface area contributed by atoms with Gasteiger partial charge in [0.2, 0.25) is 5.78 Å². The summed E-state index contributed by atoms with van der Waals surface area (Å²) in [7, 11) is 0. The first-order chi connectivity index (χ1) is 12.6. The van der Waals surface area contributed by atoms with Crippen LogP contribution in [0.5, 0.6) is 5.75 Å². The maximum atomic E-state index is 13.1. The number of ether oxygens (including phenoxy) is 1. The van der Waals surface area contributed by atoms with Crippen molar-refractivity contribution in [3.8, 4) is 5.75 Å². The molecule has 0 aliphatic carbocycles. The lowest BCUT2D eigenvalue weighted by atomic mass is 10.1. The Morgan fingerprint density at radius 1 is 1.26 bits per heavy atom. The molecule has 0 N–H and O–H groups in total. The number of carbonyl (C=O) groups excluding carboxylic acids is 1. The summed E-state index contributed by atoms with van der Waals surface area (Å²) in [4.78, 5) is 16.9. The van der Waals surface area contributed by atoms with Crippen molar-refractivity contribution < 1.29 is 31.5 Å². The second-order valence-electron chi connectivity index (χ2n) is 5.51. The van der Waals surface area contributed by atoms with Gasteiger partial charge in [-0.15, -0.1) is 0 Å². The van der Waals surface area contributed by atoms with Crippen molar-refractivity contribution in [2.75, 3.05) is 0 Å². The van der Waals surface area contributed by atoms with Crippen molar-refractivity contribution in [1.29, 1.82) is 0 Å². The summed E-state index contributed by atoms with van der Waals surface area (Å²) in [6.45, 7) is -1.69. The number of ketones is 1. The number of hydrogen-bond acceptors (Lipinski definition) is 3. The highest BCUT2D eigenvalue weighted by atomic mass is 79.9. The predicted molar refractivity (Wildman–Crippen MR) is 89.1 cm³/mol. The van der Waals surface area contributed by atoms with E-state index in [9.17, 15) is 26.7 Å². The Hall–Kier alpha value is -2.49. The van der Waals surface area contributed by atoms with Crippen LogP contribution in [0.1, 0.15) is 27.3 Å². The van der Waals surface area contributed by atoms with Gasteiger partial charge in [0.25, 0.3) is 0 Å². The number of pyridine rings is 1. The number of nitrogens with zero attached hydrogens (tertiary/aromatic N) is 2. The van der Waals surface area contributed by atoms with Gasteiger partial charge in [-0.25, -0.2) is 4.98 Å². The van der Waals surface area contributed by atoms with Crippen LogP contribution in [-0.2, 0) is 6.18 Å². The Bertz CT molecular complexity index is 1030. The first kappa shape index (κ1) is 19.3. The molecule has 0 spiro atoms. The van der Waals surface area contributed by atoms with Crippen molar-refractivity contribution in [2.24, 2.45) is 0 Å². The SMILES string of the molecule is Cc1nc2cc(C(F)(F)F)c(Br)cn2c1C(=O)c1ccccc1OC(F)F. The van der Waals surface area contributed by atoms with Crippen LogP contribution in [0.25, 0.3) is 5.65 Å². The minimum absolute atomic E-state index is 0.0512. The van der Waals surface area contributed by atoms with Crippen molar-refractivity contribution in [1.82, 2.24) is 9.38 Å². The number of aromatic nitrogens is 2. The quantitative estimate of drug-likeness (QED) is 0.404. The molecule has 0 radical (unpaired) electrons. The Morgan fingerprint density at radius 2 is 1.93 bits per heavy atom. The standard InChI is InChI=1S/C17H10BrF5N2O2/c1-8-14(15(26)9-4-2-3-5-12(9)27-16(19)20)25-7-11(18)10(17(21,22)23)6-13(25)24-8/h2-7,16H,1H3. The van der Waals surface area contributed by atoms with Crippen LogP contribution >= 0.6 is 15.9 Å². The Kier molecular flexibility index (Phi) is 4.94. The highest BCUT2D eigenvalue weighted by Crippen LogP contribution is 2.36. The van der Waals surface area contributed by atoms with Crippen LogP contribution in [0.3, 0.4) is 0 Å². The van der Waals surface area contributed by atoms with Crippen LogP contribution in [-0.4, -0.2) is 21.8 Å². The second kappa shape index (κ2) is 6.91. The maximum absolute atomic E-state index is 13.1. The molecule has 1 aromatic carbocycles. The van der Waals surface area contributed by atoms with Crippen molar-refractivity contribution in [2.45, 2.75) is 19.7 Å². The number of benzene rings is 1. The summed E-state index contributed by atoms with van der Waals surface area (Å²) in [6, 6.07) is 6.17. The number of carbonyl (C=O) groups is 1. The topological polar surface area (TPSA) is 43.6 Å². The van der Waals surface area contributed by atoms with Gasteiger partial charge in [-0.05, 0) is 41.1 Å². The van der Waals surface area contributed by atoms with Crippen molar-refractivity contribution in [3.63, 3.8) is 0 Å². The number of para-hydroxylation sites is 1. The van der Waals surface area contributed by atoms with Gasteiger partial charge in [0.1, 0.15) is 17.1 Å². The van der Waals surface area contributed by atoms with E-state index in [1.165, 1.54) is 35.6 Å². The van der Waals surface area contributed by atoms with Crippen LogP contribution in [0.4, 0.5) is 22.0 Å². The molecule has 0 amide bonds. The molecule has 2 heterocycles. The smallest absolute Gasteiger partial charge is 0.417 e. The third kappa shape index (κ3) is 3.66. The third-order valence-electron chi connectivity index (χ3n) is 3.75. The van der Waals surface area contributed by atoms with Gasteiger partial charge in [-0.2, -0.15) is 22.0 Å². The second-order valence-corrected chi connectivity index (χ2v) is 6.36. The first-order valence-corrected chi connectivity index (χ1v) is 8.23. The molecule has 0 fully saturated rings. The minimum Gasteiger partial charge on any atom is -0.434 e. The fraction of sp³-hybridized carbons (Fsp3) is 0.176. The number of aryl methyl sites for hydroxylation is 1. The zero-order valence-electron chi connectivity index (χ0n) is 13.5. The molecule has 0 saturated carbocycles. The van der Waals surface area contributed by atoms with Crippen LogP contribution < -0.4 is 4.74 Å². The highest BCUT2D eigenvalue weighted by molar-refractivity contribution is 9.10. The van der Waals surface area contributed by atoms with E-state index in [1.54, 1.807) is 0 Å². The molecule has 0 saturated heterocycles. The summed E-state index contributed by atoms with van der Waals surface area (Å²) >= 11 is 2.85. The Labute approximate surface area is 157 Å². The fourth-order valence-electron chi connectivity index (χ4n) is 2.65.